The summed E-state index contributed by atoms with van der Waals surface area (Å²) < 4.78 is 6.72. The Kier molecular flexibility index (Phi) is 5.65. The molecule has 4 aliphatic carbocycles. The smallest absolute Gasteiger partial charge is 0.0836 e. The molecule has 0 bridgehead atoms. The van der Waals surface area contributed by atoms with E-state index in [4.69, 9.17) is 4.74 Å². The molecular formula is C27H44O4. The molecule has 0 aromatic rings. The molecule has 3 N–H and O–H groups in total. The third kappa shape index (κ3) is 3.30. The molecule has 6 unspecified atom stereocenters. The second kappa shape index (κ2) is 7.82. The van der Waals surface area contributed by atoms with Gasteiger partial charge in [0, 0.05) is 6.61 Å². The molecule has 176 valence electrons. The van der Waals surface area contributed by atoms with Gasteiger partial charge in [-0.3, -0.25) is 0 Å². The van der Waals surface area contributed by atoms with Gasteiger partial charge in [-0.15, -0.1) is 0 Å². The van der Waals surface area contributed by atoms with Crippen molar-refractivity contribution in [2.24, 2.45) is 46.3 Å². The zero-order valence-corrected chi connectivity index (χ0v) is 20.0. The van der Waals surface area contributed by atoms with Gasteiger partial charge < -0.3 is 20.1 Å². The van der Waals surface area contributed by atoms with Crippen LogP contribution in [0.2, 0.25) is 0 Å². The molecule has 3 saturated carbocycles. The number of hydrogen-bond acceptors (Lipinski definition) is 4. The predicted molar refractivity (Wildman–Crippen MR) is 121 cm³/mol. The van der Waals surface area contributed by atoms with Crippen molar-refractivity contribution in [1.82, 2.24) is 0 Å². The standard InChI is InChI=1S/C27H44O4/c1-15(14-28)5-8-23-16(2)25-24(31-23)12-20-18-7-6-17-11-21(29)22(30)13-27(17,4)19(18)9-10-26(20,25)3/h6,15-16,18-25,28-30H,5,7-14H2,1-4H3/t15?,16-,18?,19?,20?,21-,22-,23-,24?,25?,26+,27+/m1/s1. The van der Waals surface area contributed by atoms with Gasteiger partial charge in [-0.25, -0.2) is 0 Å². The van der Waals surface area contributed by atoms with E-state index >= 15 is 0 Å². The van der Waals surface area contributed by atoms with Gasteiger partial charge in [0.05, 0.1) is 24.4 Å². The van der Waals surface area contributed by atoms with Gasteiger partial charge in [0.2, 0.25) is 0 Å². The molecule has 4 heteroatoms. The van der Waals surface area contributed by atoms with Crippen LogP contribution in [0.25, 0.3) is 0 Å². The van der Waals surface area contributed by atoms with Crippen LogP contribution in [0.1, 0.15) is 79.1 Å². The second-order valence-corrected chi connectivity index (χ2v) is 12.5. The molecule has 1 heterocycles. The van der Waals surface area contributed by atoms with E-state index in [0.717, 1.165) is 25.7 Å². The number of rotatable bonds is 4. The first kappa shape index (κ1) is 22.4. The fourth-order valence-corrected chi connectivity index (χ4v) is 9.24. The fourth-order valence-electron chi connectivity index (χ4n) is 9.24. The molecule has 1 saturated heterocycles. The molecule has 4 fully saturated rings. The Morgan fingerprint density at radius 1 is 1.19 bits per heavy atom. The number of ether oxygens (including phenoxy) is 1. The molecule has 12 atom stereocenters. The molecule has 0 amide bonds. The Morgan fingerprint density at radius 3 is 2.71 bits per heavy atom. The highest BCUT2D eigenvalue weighted by molar-refractivity contribution is 5.27. The first-order valence-electron chi connectivity index (χ1n) is 13.0. The van der Waals surface area contributed by atoms with Crippen molar-refractivity contribution in [1.29, 1.82) is 0 Å². The largest absolute Gasteiger partial charge is 0.396 e. The summed E-state index contributed by atoms with van der Waals surface area (Å²) in [4.78, 5) is 0. The topological polar surface area (TPSA) is 69.9 Å². The van der Waals surface area contributed by atoms with Gasteiger partial charge in [0.15, 0.2) is 0 Å². The lowest BCUT2D eigenvalue weighted by molar-refractivity contribution is -0.0896. The van der Waals surface area contributed by atoms with Crippen LogP contribution in [0.5, 0.6) is 0 Å². The number of fused-ring (bicyclic) bond motifs is 7. The summed E-state index contributed by atoms with van der Waals surface area (Å²) in [5.74, 6) is 3.64. The van der Waals surface area contributed by atoms with Crippen molar-refractivity contribution in [3.05, 3.63) is 11.6 Å². The first-order chi connectivity index (χ1) is 14.7. The van der Waals surface area contributed by atoms with Gasteiger partial charge in [-0.2, -0.15) is 0 Å². The highest BCUT2D eigenvalue weighted by Crippen LogP contribution is 2.69. The molecule has 0 spiro atoms. The average molecular weight is 433 g/mol. The summed E-state index contributed by atoms with van der Waals surface area (Å²) in [5, 5.41) is 30.2. The SMILES string of the molecule is CC(CO)CC[C@H]1OC2CC3C4CC=C5C[C@@H](O)[C@H](O)C[C@]5(C)C4CC[C@]3(C)C2[C@@H]1C. The van der Waals surface area contributed by atoms with E-state index in [9.17, 15) is 15.3 Å². The van der Waals surface area contributed by atoms with E-state index in [1.807, 2.05) is 0 Å². The molecule has 0 aromatic carbocycles. The Morgan fingerprint density at radius 2 is 1.97 bits per heavy atom. The van der Waals surface area contributed by atoms with E-state index in [1.165, 1.54) is 24.8 Å². The van der Waals surface area contributed by atoms with Gasteiger partial charge in [0.25, 0.3) is 0 Å². The molecule has 31 heavy (non-hydrogen) atoms. The number of aliphatic hydroxyl groups is 3. The highest BCUT2D eigenvalue weighted by atomic mass is 16.5. The van der Waals surface area contributed by atoms with E-state index in [2.05, 4.69) is 33.8 Å². The van der Waals surface area contributed by atoms with Crippen molar-refractivity contribution in [3.63, 3.8) is 0 Å². The molecule has 4 nitrogen and oxygen atoms in total. The van der Waals surface area contributed by atoms with Gasteiger partial charge >= 0.3 is 0 Å². The number of aliphatic hydroxyl groups excluding tert-OH is 3. The Bertz CT molecular complexity index is 720. The minimum Gasteiger partial charge on any atom is -0.396 e. The van der Waals surface area contributed by atoms with Crippen molar-refractivity contribution in [3.8, 4) is 0 Å². The Hall–Kier alpha value is -0.420. The lowest BCUT2D eigenvalue weighted by Crippen LogP contribution is -2.53. The maximum absolute atomic E-state index is 10.5. The summed E-state index contributed by atoms with van der Waals surface area (Å²) in [6.45, 7) is 9.78. The lowest BCUT2D eigenvalue weighted by atomic mass is 9.46. The maximum Gasteiger partial charge on any atom is 0.0836 e. The van der Waals surface area contributed by atoms with E-state index in [-0.39, 0.29) is 12.0 Å². The number of hydrogen-bond donors (Lipinski definition) is 3. The summed E-state index contributed by atoms with van der Waals surface area (Å²) in [6.07, 6.45) is 10.4. The maximum atomic E-state index is 10.5. The van der Waals surface area contributed by atoms with Gasteiger partial charge in [-0.05, 0) is 97.7 Å². The zero-order valence-electron chi connectivity index (χ0n) is 20.0. The normalized spacial score (nSPS) is 54.4. The summed E-state index contributed by atoms with van der Waals surface area (Å²) in [7, 11) is 0. The van der Waals surface area contributed by atoms with Crippen LogP contribution in [0.3, 0.4) is 0 Å². The minimum atomic E-state index is -0.588. The third-order valence-electron chi connectivity index (χ3n) is 11.0. The van der Waals surface area contributed by atoms with Crippen LogP contribution >= 0.6 is 0 Å². The molecule has 5 rings (SSSR count). The second-order valence-electron chi connectivity index (χ2n) is 12.5. The molecule has 1 aliphatic heterocycles. The monoisotopic (exact) mass is 432 g/mol. The quantitative estimate of drug-likeness (QED) is 0.579. The zero-order chi connectivity index (χ0) is 22.1. The Labute approximate surface area is 188 Å². The highest BCUT2D eigenvalue weighted by Gasteiger charge is 2.65. The summed E-state index contributed by atoms with van der Waals surface area (Å²) in [6, 6.07) is 0. The van der Waals surface area contributed by atoms with Crippen LogP contribution in [-0.4, -0.2) is 46.3 Å². The number of allylic oxidation sites excluding steroid dienone is 1. The van der Waals surface area contributed by atoms with Crippen LogP contribution in [0, 0.1) is 46.3 Å². The van der Waals surface area contributed by atoms with Crippen molar-refractivity contribution < 1.29 is 20.1 Å². The van der Waals surface area contributed by atoms with Crippen molar-refractivity contribution >= 4 is 0 Å². The van der Waals surface area contributed by atoms with Crippen LogP contribution in [0.4, 0.5) is 0 Å². The molecule has 0 radical (unpaired) electrons. The average Bonchev–Trinajstić information content (AvgIpc) is 3.21. The van der Waals surface area contributed by atoms with Crippen molar-refractivity contribution in [2.45, 2.75) is 103 Å². The van der Waals surface area contributed by atoms with Gasteiger partial charge in [-0.1, -0.05) is 39.3 Å². The van der Waals surface area contributed by atoms with E-state index in [1.54, 1.807) is 0 Å². The molecule has 5 aliphatic rings. The van der Waals surface area contributed by atoms with Crippen LogP contribution < -0.4 is 0 Å². The molecule has 0 aromatic heterocycles. The predicted octanol–water partition coefficient (Wildman–Crippen LogP) is 4.32. The van der Waals surface area contributed by atoms with Crippen LogP contribution in [0.15, 0.2) is 11.6 Å². The fraction of sp³-hybridized carbons (Fsp3) is 0.926. The lowest BCUT2D eigenvalue weighted by Gasteiger charge is -2.58. The Balaban J connectivity index is 1.35. The van der Waals surface area contributed by atoms with E-state index in [0.29, 0.717) is 59.6 Å². The first-order valence-corrected chi connectivity index (χ1v) is 13.0. The molecular weight excluding hydrogens is 388 g/mol. The van der Waals surface area contributed by atoms with Crippen LogP contribution in [-0.2, 0) is 4.74 Å². The van der Waals surface area contributed by atoms with E-state index < -0.39 is 12.2 Å². The minimum absolute atomic E-state index is 0.0516. The third-order valence-corrected chi connectivity index (χ3v) is 11.0. The van der Waals surface area contributed by atoms with Gasteiger partial charge in [0.1, 0.15) is 0 Å². The summed E-state index contributed by atoms with van der Waals surface area (Å²) in [5.41, 5.74) is 1.82. The summed E-state index contributed by atoms with van der Waals surface area (Å²) >= 11 is 0. The van der Waals surface area contributed by atoms with Crippen molar-refractivity contribution in [2.75, 3.05) is 6.61 Å².